The number of halogens is 3. The lowest BCUT2D eigenvalue weighted by Gasteiger charge is -2.32. The molecule has 1 saturated heterocycles. The number of hydrogen-bond donors (Lipinski definition) is 1. The van der Waals surface area contributed by atoms with E-state index in [-0.39, 0.29) is 24.2 Å². The van der Waals surface area contributed by atoms with Gasteiger partial charge in [0.15, 0.2) is 5.69 Å². The smallest absolute Gasteiger partial charge is 0.416 e. The SMILES string of the molecule is Cc1ccccc1-n1cc(C(=O)NCC(=O)N2CCC(Oc3ccc(C(F)(F)F)cc3)CC2)nn1. The minimum atomic E-state index is -4.39. The number of para-hydroxylation sites is 1. The first-order valence-corrected chi connectivity index (χ1v) is 11.1. The minimum absolute atomic E-state index is 0.102. The second-order valence-electron chi connectivity index (χ2n) is 8.24. The molecule has 1 aliphatic rings. The highest BCUT2D eigenvalue weighted by atomic mass is 19.4. The minimum Gasteiger partial charge on any atom is -0.490 e. The third-order valence-electron chi connectivity index (χ3n) is 5.77. The van der Waals surface area contributed by atoms with Gasteiger partial charge >= 0.3 is 6.18 Å². The van der Waals surface area contributed by atoms with Gasteiger partial charge in [-0.3, -0.25) is 9.59 Å². The lowest BCUT2D eigenvalue weighted by Crippen LogP contribution is -2.46. The van der Waals surface area contributed by atoms with E-state index in [2.05, 4.69) is 15.6 Å². The van der Waals surface area contributed by atoms with Crippen molar-refractivity contribution in [1.29, 1.82) is 0 Å². The number of aromatic nitrogens is 3. The number of piperidine rings is 1. The largest absolute Gasteiger partial charge is 0.490 e. The molecule has 1 fully saturated rings. The Kier molecular flexibility index (Phi) is 7.04. The Hall–Kier alpha value is -3.89. The van der Waals surface area contributed by atoms with Gasteiger partial charge in [0, 0.05) is 25.9 Å². The van der Waals surface area contributed by atoms with Crippen molar-refractivity contribution in [2.45, 2.75) is 32.0 Å². The number of aryl methyl sites for hydroxylation is 1. The van der Waals surface area contributed by atoms with Crippen LogP contribution in [0.5, 0.6) is 5.75 Å². The van der Waals surface area contributed by atoms with Gasteiger partial charge in [-0.05, 0) is 42.8 Å². The molecule has 35 heavy (non-hydrogen) atoms. The van der Waals surface area contributed by atoms with E-state index in [0.717, 1.165) is 23.4 Å². The lowest BCUT2D eigenvalue weighted by molar-refractivity contribution is -0.137. The lowest BCUT2D eigenvalue weighted by atomic mass is 10.1. The van der Waals surface area contributed by atoms with E-state index in [1.54, 1.807) is 4.90 Å². The van der Waals surface area contributed by atoms with Crippen LogP contribution in [0, 0.1) is 6.92 Å². The average molecular weight is 487 g/mol. The zero-order chi connectivity index (χ0) is 25.0. The standard InChI is InChI=1S/C24H24F3N5O3/c1-16-4-2-3-5-21(16)32-15-20(29-30-32)23(34)28-14-22(33)31-12-10-19(11-13-31)35-18-8-6-17(7-9-18)24(25,26)27/h2-9,15,19H,10-14H2,1H3,(H,28,34). The van der Waals surface area contributed by atoms with Gasteiger partial charge in [-0.1, -0.05) is 23.4 Å². The summed E-state index contributed by atoms with van der Waals surface area (Å²) >= 11 is 0. The Labute approximate surface area is 199 Å². The molecule has 0 radical (unpaired) electrons. The maximum absolute atomic E-state index is 12.7. The van der Waals surface area contributed by atoms with E-state index in [1.165, 1.54) is 23.0 Å². The molecule has 1 N–H and O–H groups in total. The number of nitrogens with zero attached hydrogens (tertiary/aromatic N) is 4. The summed E-state index contributed by atoms with van der Waals surface area (Å²) in [6, 6.07) is 12.1. The van der Waals surface area contributed by atoms with Crippen molar-refractivity contribution >= 4 is 11.8 Å². The number of likely N-dealkylation sites (tertiary alicyclic amines) is 1. The van der Waals surface area contributed by atoms with Crippen molar-refractivity contribution in [2.75, 3.05) is 19.6 Å². The molecule has 1 aliphatic heterocycles. The highest BCUT2D eigenvalue weighted by Crippen LogP contribution is 2.30. The maximum Gasteiger partial charge on any atom is 0.416 e. The fraction of sp³-hybridized carbons (Fsp3) is 0.333. The molecular formula is C24H24F3N5O3. The molecule has 2 aromatic carbocycles. The van der Waals surface area contributed by atoms with E-state index in [0.29, 0.717) is 31.7 Å². The van der Waals surface area contributed by atoms with Crippen LogP contribution in [-0.4, -0.2) is 57.4 Å². The van der Waals surface area contributed by atoms with E-state index in [4.69, 9.17) is 4.74 Å². The number of carbonyl (C=O) groups excluding carboxylic acids is 2. The van der Waals surface area contributed by atoms with Crippen LogP contribution in [-0.2, 0) is 11.0 Å². The van der Waals surface area contributed by atoms with Gasteiger partial charge in [0.05, 0.1) is 24.0 Å². The summed E-state index contributed by atoms with van der Waals surface area (Å²) in [6.45, 7) is 2.58. The first-order chi connectivity index (χ1) is 16.7. The highest BCUT2D eigenvalue weighted by molar-refractivity contribution is 5.94. The van der Waals surface area contributed by atoms with Crippen molar-refractivity contribution in [3.05, 3.63) is 71.5 Å². The van der Waals surface area contributed by atoms with Crippen LogP contribution < -0.4 is 10.1 Å². The molecule has 3 aromatic rings. The molecule has 8 nitrogen and oxygen atoms in total. The third-order valence-corrected chi connectivity index (χ3v) is 5.77. The van der Waals surface area contributed by atoms with Gasteiger partial charge in [-0.15, -0.1) is 5.10 Å². The summed E-state index contributed by atoms with van der Waals surface area (Å²) in [5.41, 5.74) is 1.15. The van der Waals surface area contributed by atoms with Gasteiger partial charge in [0.25, 0.3) is 5.91 Å². The Bertz CT molecular complexity index is 1190. The van der Waals surface area contributed by atoms with Crippen molar-refractivity contribution in [2.24, 2.45) is 0 Å². The molecule has 0 unspecified atom stereocenters. The maximum atomic E-state index is 12.7. The van der Waals surface area contributed by atoms with Gasteiger partial charge in [0.1, 0.15) is 11.9 Å². The topological polar surface area (TPSA) is 89.4 Å². The molecule has 4 rings (SSSR count). The monoisotopic (exact) mass is 487 g/mol. The fourth-order valence-electron chi connectivity index (χ4n) is 3.80. The number of hydrogen-bond acceptors (Lipinski definition) is 5. The summed E-state index contributed by atoms with van der Waals surface area (Å²) in [6.07, 6.45) is -2.03. The van der Waals surface area contributed by atoms with Crippen LogP contribution in [0.4, 0.5) is 13.2 Å². The molecule has 11 heteroatoms. The first kappa shape index (κ1) is 24.2. The van der Waals surface area contributed by atoms with Crippen LogP contribution in [0.15, 0.2) is 54.7 Å². The van der Waals surface area contributed by atoms with Crippen LogP contribution in [0.3, 0.4) is 0 Å². The van der Waals surface area contributed by atoms with Gasteiger partial charge in [-0.25, -0.2) is 4.68 Å². The van der Waals surface area contributed by atoms with E-state index >= 15 is 0 Å². The normalized spacial score (nSPS) is 14.6. The number of benzene rings is 2. The third kappa shape index (κ3) is 5.97. The van der Waals surface area contributed by atoms with E-state index < -0.39 is 17.6 Å². The van der Waals surface area contributed by atoms with Crippen LogP contribution in [0.2, 0.25) is 0 Å². The second kappa shape index (κ2) is 10.2. The summed E-state index contributed by atoms with van der Waals surface area (Å²) in [5, 5.41) is 10.5. The molecule has 1 aromatic heterocycles. The van der Waals surface area contributed by atoms with Crippen LogP contribution in [0.1, 0.15) is 34.5 Å². The van der Waals surface area contributed by atoms with E-state index in [1.807, 2.05) is 31.2 Å². The van der Waals surface area contributed by atoms with E-state index in [9.17, 15) is 22.8 Å². The second-order valence-corrected chi connectivity index (χ2v) is 8.24. The first-order valence-electron chi connectivity index (χ1n) is 11.1. The summed E-state index contributed by atoms with van der Waals surface area (Å²) in [5.74, 6) is -0.384. The number of ether oxygens (including phenoxy) is 1. The van der Waals surface area contributed by atoms with Crippen LogP contribution >= 0.6 is 0 Å². The molecule has 0 saturated carbocycles. The van der Waals surface area contributed by atoms with Gasteiger partial charge in [0.2, 0.25) is 5.91 Å². The number of rotatable bonds is 6. The van der Waals surface area contributed by atoms with Crippen molar-refractivity contribution in [1.82, 2.24) is 25.2 Å². The quantitative estimate of drug-likeness (QED) is 0.576. The number of nitrogens with one attached hydrogen (secondary N) is 1. The molecule has 2 heterocycles. The van der Waals surface area contributed by atoms with Gasteiger partial charge < -0.3 is 15.0 Å². The number of amides is 2. The number of carbonyl (C=O) groups is 2. The zero-order valence-corrected chi connectivity index (χ0v) is 19.0. The molecule has 0 atom stereocenters. The Balaban J connectivity index is 1.23. The molecule has 184 valence electrons. The predicted molar refractivity (Wildman–Crippen MR) is 120 cm³/mol. The van der Waals surface area contributed by atoms with Crippen molar-refractivity contribution < 1.29 is 27.5 Å². The highest BCUT2D eigenvalue weighted by Gasteiger charge is 2.30. The predicted octanol–water partition coefficient (Wildman–Crippen LogP) is 3.39. The fourth-order valence-corrected chi connectivity index (χ4v) is 3.80. The summed E-state index contributed by atoms with van der Waals surface area (Å²) < 4.78 is 45.3. The molecule has 0 bridgehead atoms. The van der Waals surface area contributed by atoms with Crippen molar-refractivity contribution in [3.63, 3.8) is 0 Å². The Morgan fingerprint density at radius 2 is 1.77 bits per heavy atom. The van der Waals surface area contributed by atoms with Crippen LogP contribution in [0.25, 0.3) is 5.69 Å². The number of alkyl halides is 3. The van der Waals surface area contributed by atoms with Crippen molar-refractivity contribution in [3.8, 4) is 11.4 Å². The molecule has 0 spiro atoms. The summed E-state index contributed by atoms with van der Waals surface area (Å²) in [4.78, 5) is 26.6. The molecule has 2 amide bonds. The average Bonchev–Trinajstić information content (AvgIpc) is 3.33. The Morgan fingerprint density at radius 1 is 1.09 bits per heavy atom. The molecular weight excluding hydrogens is 463 g/mol. The molecule has 0 aliphatic carbocycles. The zero-order valence-electron chi connectivity index (χ0n) is 19.0. The summed E-state index contributed by atoms with van der Waals surface area (Å²) in [7, 11) is 0. The van der Waals surface area contributed by atoms with Gasteiger partial charge in [-0.2, -0.15) is 13.2 Å². The Morgan fingerprint density at radius 3 is 2.43 bits per heavy atom.